The van der Waals surface area contributed by atoms with Gasteiger partial charge in [0.1, 0.15) is 6.10 Å². The monoisotopic (exact) mass is 688 g/mol. The van der Waals surface area contributed by atoms with Crippen molar-refractivity contribution in [3.05, 3.63) is 24.3 Å². The van der Waals surface area contributed by atoms with E-state index in [0.717, 1.165) is 38.5 Å². The van der Waals surface area contributed by atoms with E-state index in [1.807, 2.05) is 0 Å². The number of esters is 1. The van der Waals surface area contributed by atoms with Gasteiger partial charge < -0.3 is 20.1 Å². The maximum absolute atomic E-state index is 12.5. The lowest BCUT2D eigenvalue weighted by atomic mass is 10.1. The molecule has 3 N–H and O–H groups in total. The second-order valence-corrected chi connectivity index (χ2v) is 14.2. The van der Waals surface area contributed by atoms with Crippen molar-refractivity contribution in [2.45, 2.75) is 180 Å². The van der Waals surface area contributed by atoms with Crippen LogP contribution in [0, 0.1) is 0 Å². The molecule has 47 heavy (non-hydrogen) atoms. The Balaban J connectivity index is 4.03. The molecular weight excluding hydrogens is 613 g/mol. The minimum absolute atomic E-state index is 0.0951. The van der Waals surface area contributed by atoms with Crippen LogP contribution in [0.5, 0.6) is 0 Å². The predicted molar refractivity (Wildman–Crippen MR) is 197 cm³/mol. The summed E-state index contributed by atoms with van der Waals surface area (Å²) in [6.45, 7) is 4.88. The summed E-state index contributed by atoms with van der Waals surface area (Å²) < 4.78 is 33.3. The number of carbonyl (C=O) groups excluding carboxylic acids is 1. The highest BCUT2D eigenvalue weighted by molar-refractivity contribution is 7.47. The normalized spacial score (nSPS) is 13.9. The topological polar surface area (TPSA) is 117 Å². The number of hydrogen-bond acceptors (Lipinski definition) is 7. The molecule has 0 radical (unpaired) electrons. The van der Waals surface area contributed by atoms with E-state index in [1.165, 1.54) is 116 Å². The molecule has 2 unspecified atom stereocenters. The van der Waals surface area contributed by atoms with Gasteiger partial charge in [-0.3, -0.25) is 13.8 Å². The van der Waals surface area contributed by atoms with Crippen LogP contribution in [0.15, 0.2) is 24.3 Å². The van der Waals surface area contributed by atoms with Crippen molar-refractivity contribution in [2.75, 3.05) is 33.0 Å². The molecule has 2 atom stereocenters. The maximum Gasteiger partial charge on any atom is 0.472 e. The van der Waals surface area contributed by atoms with E-state index in [-0.39, 0.29) is 32.3 Å². The minimum Gasteiger partial charge on any atom is -0.457 e. The highest BCUT2D eigenvalue weighted by Crippen LogP contribution is 2.43. The number of phosphoric ester groups is 1. The third-order valence-electron chi connectivity index (χ3n) is 8.12. The first kappa shape index (κ1) is 46.0. The summed E-state index contributed by atoms with van der Waals surface area (Å²) >= 11 is 0. The van der Waals surface area contributed by atoms with Gasteiger partial charge in [0.15, 0.2) is 0 Å². The van der Waals surface area contributed by atoms with E-state index < -0.39 is 13.9 Å². The SMILES string of the molecule is CCCCC/C=C\C/C=C\CCCCCCCCCCOCC(COP(=O)(O)OCCN)OC(=O)CCCCCCCCCCCC. The zero-order valence-corrected chi connectivity index (χ0v) is 31.4. The molecule has 0 fully saturated rings. The van der Waals surface area contributed by atoms with E-state index in [0.29, 0.717) is 13.0 Å². The van der Waals surface area contributed by atoms with Crippen molar-refractivity contribution in [1.29, 1.82) is 0 Å². The summed E-state index contributed by atoms with van der Waals surface area (Å²) in [5, 5.41) is 0. The summed E-state index contributed by atoms with van der Waals surface area (Å²) in [5.41, 5.74) is 5.35. The highest BCUT2D eigenvalue weighted by Gasteiger charge is 2.25. The molecule has 0 aromatic rings. The second-order valence-electron chi connectivity index (χ2n) is 12.8. The molecule has 0 aliphatic rings. The summed E-state index contributed by atoms with van der Waals surface area (Å²) in [7, 11) is -4.27. The summed E-state index contributed by atoms with van der Waals surface area (Å²) in [6, 6.07) is 0. The third kappa shape index (κ3) is 36.1. The molecule has 0 aromatic carbocycles. The van der Waals surface area contributed by atoms with Crippen LogP contribution in [-0.2, 0) is 27.9 Å². The van der Waals surface area contributed by atoms with Crippen molar-refractivity contribution in [3.8, 4) is 0 Å². The summed E-state index contributed by atoms with van der Waals surface area (Å²) in [5.74, 6) is -0.334. The lowest BCUT2D eigenvalue weighted by molar-refractivity contribution is -0.154. The number of hydrogen-bond donors (Lipinski definition) is 2. The highest BCUT2D eigenvalue weighted by atomic mass is 31.2. The van der Waals surface area contributed by atoms with Crippen LogP contribution in [0.4, 0.5) is 0 Å². The van der Waals surface area contributed by atoms with Crippen LogP contribution in [0.3, 0.4) is 0 Å². The lowest BCUT2D eigenvalue weighted by Crippen LogP contribution is -2.28. The van der Waals surface area contributed by atoms with E-state index in [4.69, 9.17) is 24.3 Å². The molecule has 0 amide bonds. The first-order chi connectivity index (χ1) is 22.9. The molecular formula is C38H74NO7P. The molecule has 9 heteroatoms. The number of carbonyl (C=O) groups is 1. The van der Waals surface area contributed by atoms with Crippen molar-refractivity contribution < 1.29 is 32.8 Å². The Labute approximate surface area is 289 Å². The molecule has 0 rings (SSSR count). The maximum atomic E-state index is 12.5. The van der Waals surface area contributed by atoms with Gasteiger partial charge in [-0.1, -0.05) is 147 Å². The van der Waals surface area contributed by atoms with Gasteiger partial charge in [0.2, 0.25) is 0 Å². The predicted octanol–water partition coefficient (Wildman–Crippen LogP) is 10.9. The van der Waals surface area contributed by atoms with Crippen LogP contribution < -0.4 is 5.73 Å². The first-order valence-electron chi connectivity index (χ1n) is 19.3. The molecule has 0 aliphatic heterocycles. The molecule has 278 valence electrons. The number of unbranched alkanes of at least 4 members (excludes halogenated alkanes) is 20. The molecule has 0 spiro atoms. The van der Waals surface area contributed by atoms with Gasteiger partial charge in [-0.05, 0) is 44.9 Å². The van der Waals surface area contributed by atoms with E-state index in [1.54, 1.807) is 0 Å². The standard InChI is InChI=1S/C38H74NO7P/c1-3-5-7-9-11-13-15-16-17-18-19-20-21-22-24-26-28-30-33-43-35-37(36-45-47(41,42)44-34-32-39)46-38(40)31-29-27-25-23-14-12-10-8-6-4-2/h11,13,16-17,37H,3-10,12,14-15,18-36,39H2,1-2H3,(H,41,42)/b13-11-,17-16-. The van der Waals surface area contributed by atoms with Crippen LogP contribution in [0.25, 0.3) is 0 Å². The average Bonchev–Trinajstić information content (AvgIpc) is 3.06. The van der Waals surface area contributed by atoms with Gasteiger partial charge in [0.05, 0.1) is 19.8 Å². The first-order valence-corrected chi connectivity index (χ1v) is 20.8. The number of nitrogens with two attached hydrogens (primary N) is 1. The van der Waals surface area contributed by atoms with Crippen molar-refractivity contribution in [3.63, 3.8) is 0 Å². The average molecular weight is 688 g/mol. The number of rotatable bonds is 37. The molecule has 0 aromatic heterocycles. The van der Waals surface area contributed by atoms with E-state index in [9.17, 15) is 14.3 Å². The van der Waals surface area contributed by atoms with E-state index >= 15 is 0 Å². The van der Waals surface area contributed by atoms with Crippen LogP contribution in [0.2, 0.25) is 0 Å². The van der Waals surface area contributed by atoms with E-state index in [2.05, 4.69) is 38.2 Å². The van der Waals surface area contributed by atoms with Crippen molar-refractivity contribution in [2.24, 2.45) is 5.73 Å². The largest absolute Gasteiger partial charge is 0.472 e. The van der Waals surface area contributed by atoms with Gasteiger partial charge in [-0.15, -0.1) is 0 Å². The Morgan fingerprint density at radius 1 is 0.638 bits per heavy atom. The Hall–Kier alpha value is -1.02. The Morgan fingerprint density at radius 2 is 1.13 bits per heavy atom. The van der Waals surface area contributed by atoms with Gasteiger partial charge in [-0.25, -0.2) is 4.57 Å². The minimum atomic E-state index is -4.27. The summed E-state index contributed by atoms with van der Waals surface area (Å²) in [4.78, 5) is 22.3. The van der Waals surface area contributed by atoms with Crippen LogP contribution in [-0.4, -0.2) is 49.9 Å². The van der Waals surface area contributed by atoms with Gasteiger partial charge in [-0.2, -0.15) is 0 Å². The van der Waals surface area contributed by atoms with Gasteiger partial charge >= 0.3 is 13.8 Å². The molecule has 0 saturated carbocycles. The number of allylic oxidation sites excluding steroid dienone is 4. The second kappa shape index (κ2) is 36.3. The number of phosphoric acid groups is 1. The zero-order valence-electron chi connectivity index (χ0n) is 30.5. The zero-order chi connectivity index (χ0) is 34.5. The molecule has 8 nitrogen and oxygen atoms in total. The lowest BCUT2D eigenvalue weighted by Gasteiger charge is -2.20. The third-order valence-corrected chi connectivity index (χ3v) is 9.11. The van der Waals surface area contributed by atoms with Gasteiger partial charge in [0.25, 0.3) is 0 Å². The fourth-order valence-electron chi connectivity index (χ4n) is 5.26. The fraction of sp³-hybridized carbons (Fsp3) is 0.868. The summed E-state index contributed by atoms with van der Waals surface area (Å²) in [6.07, 6.45) is 37.6. The van der Waals surface area contributed by atoms with Gasteiger partial charge in [0, 0.05) is 19.6 Å². The molecule has 0 bridgehead atoms. The molecule has 0 heterocycles. The Morgan fingerprint density at radius 3 is 1.70 bits per heavy atom. The van der Waals surface area contributed by atoms with Crippen molar-refractivity contribution >= 4 is 13.8 Å². The Bertz CT molecular complexity index is 777. The Kier molecular flexibility index (Phi) is 35.5. The fourth-order valence-corrected chi connectivity index (χ4v) is 6.03. The van der Waals surface area contributed by atoms with Crippen LogP contribution in [0.1, 0.15) is 174 Å². The van der Waals surface area contributed by atoms with Crippen molar-refractivity contribution in [1.82, 2.24) is 0 Å². The smallest absolute Gasteiger partial charge is 0.457 e. The molecule has 0 aliphatic carbocycles. The molecule has 0 saturated heterocycles. The van der Waals surface area contributed by atoms with Crippen LogP contribution >= 0.6 is 7.82 Å². The number of ether oxygens (including phenoxy) is 2. The quantitative estimate of drug-likeness (QED) is 0.0287.